The predicted molar refractivity (Wildman–Crippen MR) is 177 cm³/mol. The lowest BCUT2D eigenvalue weighted by molar-refractivity contribution is -0.157. The number of ether oxygens (including phenoxy) is 5. The molecule has 14 heteroatoms. The number of nitrogens with one attached hydrogen (secondary N) is 2. The summed E-state index contributed by atoms with van der Waals surface area (Å²) in [7, 11) is 0. The van der Waals surface area contributed by atoms with Crippen LogP contribution in [-0.2, 0) is 44.7 Å². The molecule has 4 amide bonds. The highest BCUT2D eigenvalue weighted by Crippen LogP contribution is 2.18. The zero-order valence-electron chi connectivity index (χ0n) is 28.2. The van der Waals surface area contributed by atoms with E-state index < -0.39 is 35.5 Å². The van der Waals surface area contributed by atoms with Crippen LogP contribution in [0.4, 0.5) is 10.5 Å². The van der Waals surface area contributed by atoms with E-state index >= 15 is 0 Å². The first-order chi connectivity index (χ1) is 22.9. The first-order valence-corrected chi connectivity index (χ1v) is 15.8. The Labute approximate surface area is 281 Å². The van der Waals surface area contributed by atoms with Crippen LogP contribution in [0.5, 0.6) is 0 Å². The van der Waals surface area contributed by atoms with Crippen LogP contribution in [-0.4, -0.2) is 94.2 Å². The summed E-state index contributed by atoms with van der Waals surface area (Å²) in [5, 5.41) is 5.35. The zero-order valence-corrected chi connectivity index (χ0v) is 28.2. The third-order valence-electron chi connectivity index (χ3n) is 6.32. The normalized spacial score (nSPS) is 11.7. The molecule has 0 bridgehead atoms. The number of carbonyl (C=O) groups excluding carboxylic acids is 5. The molecule has 0 saturated heterocycles. The second-order valence-electron chi connectivity index (χ2n) is 11.5. The minimum absolute atomic E-state index is 0.0170. The second-order valence-corrected chi connectivity index (χ2v) is 11.5. The molecular weight excluding hydrogens is 624 g/mol. The molecule has 0 radical (unpaired) electrons. The first kappa shape index (κ1) is 39.8. The SMILES string of the molecule is CC(=O)N(C(=O)OCc1ccccc1)c1ccc(C(=O)N[C@@H](CCC(=O)NCCOCCOCCOCCN)C(=O)OC(C)(C)C)cc1. The van der Waals surface area contributed by atoms with Gasteiger partial charge in [0.2, 0.25) is 11.8 Å². The third-order valence-corrected chi connectivity index (χ3v) is 6.32. The summed E-state index contributed by atoms with van der Waals surface area (Å²) in [6.07, 6.45) is -0.947. The number of carbonyl (C=O) groups is 5. The molecule has 0 aromatic heterocycles. The molecule has 0 aliphatic rings. The largest absolute Gasteiger partial charge is 0.458 e. The van der Waals surface area contributed by atoms with Crippen molar-refractivity contribution >= 4 is 35.5 Å². The average Bonchev–Trinajstić information content (AvgIpc) is 3.04. The minimum atomic E-state index is -1.12. The number of hydrogen-bond acceptors (Lipinski definition) is 11. The van der Waals surface area contributed by atoms with Crippen molar-refractivity contribution in [2.75, 3.05) is 57.6 Å². The van der Waals surface area contributed by atoms with Crippen molar-refractivity contribution in [1.29, 1.82) is 0 Å². The molecule has 1 atom stereocenters. The maximum absolute atomic E-state index is 13.1. The van der Waals surface area contributed by atoms with Gasteiger partial charge in [0.15, 0.2) is 0 Å². The van der Waals surface area contributed by atoms with Gasteiger partial charge in [-0.3, -0.25) is 14.4 Å². The van der Waals surface area contributed by atoms with Gasteiger partial charge in [-0.1, -0.05) is 30.3 Å². The van der Waals surface area contributed by atoms with Gasteiger partial charge in [-0.05, 0) is 57.0 Å². The Morgan fingerprint density at radius 1 is 0.833 bits per heavy atom. The number of imide groups is 1. The van der Waals surface area contributed by atoms with Crippen LogP contribution < -0.4 is 21.3 Å². The quantitative estimate of drug-likeness (QED) is 0.139. The standard InChI is InChI=1S/C34H48N4O10/c1-25(39)38(33(43)47-24-26-8-6-5-7-9-26)28-12-10-27(11-13-28)31(41)37-29(32(42)48-34(2,3)4)14-15-30(40)36-17-19-45-21-23-46-22-20-44-18-16-35/h5-13,29H,14-24,35H2,1-4H3,(H,36,40)(H,37,41)/t29-/m0/s1. The Kier molecular flexibility index (Phi) is 17.8. The molecule has 0 aliphatic heterocycles. The zero-order chi connectivity index (χ0) is 35.4. The number of nitrogens with zero attached hydrogens (tertiary/aromatic N) is 1. The Balaban J connectivity index is 1.90. The molecule has 2 aromatic carbocycles. The summed E-state index contributed by atoms with van der Waals surface area (Å²) in [5.74, 6) is -2.21. The van der Waals surface area contributed by atoms with Crippen LogP contribution in [0.15, 0.2) is 54.6 Å². The van der Waals surface area contributed by atoms with Crippen LogP contribution >= 0.6 is 0 Å². The van der Waals surface area contributed by atoms with Gasteiger partial charge in [0, 0.05) is 32.0 Å². The smallest absolute Gasteiger partial charge is 0.421 e. The van der Waals surface area contributed by atoms with E-state index in [0.29, 0.717) is 39.6 Å². The lowest BCUT2D eigenvalue weighted by Gasteiger charge is -2.24. The van der Waals surface area contributed by atoms with E-state index in [1.54, 1.807) is 45.0 Å². The summed E-state index contributed by atoms with van der Waals surface area (Å²) < 4.78 is 26.8. The third kappa shape index (κ3) is 16.0. The van der Waals surface area contributed by atoms with E-state index in [4.69, 9.17) is 29.4 Å². The monoisotopic (exact) mass is 672 g/mol. The van der Waals surface area contributed by atoms with Gasteiger partial charge < -0.3 is 40.1 Å². The molecule has 4 N–H and O–H groups in total. The van der Waals surface area contributed by atoms with E-state index in [-0.39, 0.29) is 49.8 Å². The number of esters is 1. The van der Waals surface area contributed by atoms with Crippen molar-refractivity contribution in [3.05, 3.63) is 65.7 Å². The van der Waals surface area contributed by atoms with Gasteiger partial charge in [-0.15, -0.1) is 0 Å². The van der Waals surface area contributed by atoms with Gasteiger partial charge >= 0.3 is 12.1 Å². The van der Waals surface area contributed by atoms with Gasteiger partial charge in [0.25, 0.3) is 5.91 Å². The molecular formula is C34H48N4O10. The molecule has 2 rings (SSSR count). The van der Waals surface area contributed by atoms with Crippen LogP contribution in [0.25, 0.3) is 0 Å². The molecule has 0 unspecified atom stereocenters. The van der Waals surface area contributed by atoms with Gasteiger partial charge in [-0.2, -0.15) is 0 Å². The maximum atomic E-state index is 13.1. The van der Waals surface area contributed by atoms with Gasteiger partial charge in [0.1, 0.15) is 18.2 Å². The lowest BCUT2D eigenvalue weighted by atomic mass is 10.1. The molecule has 264 valence electrons. The lowest BCUT2D eigenvalue weighted by Crippen LogP contribution is -2.45. The molecule has 48 heavy (non-hydrogen) atoms. The second kappa shape index (κ2) is 21.5. The Hall–Kier alpha value is -4.37. The fraction of sp³-hybridized carbons (Fsp3) is 0.500. The van der Waals surface area contributed by atoms with Crippen molar-refractivity contribution in [2.45, 2.75) is 58.8 Å². The Morgan fingerprint density at radius 2 is 1.44 bits per heavy atom. The van der Waals surface area contributed by atoms with Crippen molar-refractivity contribution in [2.24, 2.45) is 5.73 Å². The van der Waals surface area contributed by atoms with Crippen molar-refractivity contribution in [1.82, 2.24) is 10.6 Å². The summed E-state index contributed by atoms with van der Waals surface area (Å²) in [5.41, 5.74) is 5.62. The number of rotatable bonds is 20. The van der Waals surface area contributed by atoms with Crippen LogP contribution in [0.3, 0.4) is 0 Å². The predicted octanol–water partition coefficient (Wildman–Crippen LogP) is 2.72. The summed E-state index contributed by atoms with van der Waals surface area (Å²) in [6.45, 7) is 9.38. The topological polar surface area (TPSA) is 185 Å². The maximum Gasteiger partial charge on any atom is 0.421 e. The number of nitrogens with two attached hydrogens (primary N) is 1. The fourth-order valence-corrected chi connectivity index (χ4v) is 4.08. The number of amides is 4. The van der Waals surface area contributed by atoms with E-state index in [0.717, 1.165) is 10.5 Å². The minimum Gasteiger partial charge on any atom is -0.458 e. The molecule has 0 saturated carbocycles. The van der Waals surface area contributed by atoms with Crippen molar-refractivity contribution in [3.8, 4) is 0 Å². The Morgan fingerprint density at radius 3 is 2.02 bits per heavy atom. The molecule has 2 aromatic rings. The summed E-state index contributed by atoms with van der Waals surface area (Å²) in [6, 6.07) is 13.5. The van der Waals surface area contributed by atoms with E-state index in [9.17, 15) is 24.0 Å². The molecule has 0 aliphatic carbocycles. The number of benzene rings is 2. The molecule has 0 spiro atoms. The molecule has 14 nitrogen and oxygen atoms in total. The van der Waals surface area contributed by atoms with Gasteiger partial charge in [-0.25, -0.2) is 14.5 Å². The van der Waals surface area contributed by atoms with Gasteiger partial charge in [0.05, 0.1) is 45.3 Å². The first-order valence-electron chi connectivity index (χ1n) is 15.8. The molecule has 0 heterocycles. The highest BCUT2D eigenvalue weighted by Gasteiger charge is 2.28. The number of hydrogen-bond donors (Lipinski definition) is 3. The highest BCUT2D eigenvalue weighted by atomic mass is 16.6. The van der Waals surface area contributed by atoms with E-state index in [1.165, 1.54) is 31.2 Å². The fourth-order valence-electron chi connectivity index (χ4n) is 4.08. The van der Waals surface area contributed by atoms with E-state index in [2.05, 4.69) is 10.6 Å². The summed E-state index contributed by atoms with van der Waals surface area (Å²) >= 11 is 0. The number of anilines is 1. The van der Waals surface area contributed by atoms with Crippen molar-refractivity contribution in [3.63, 3.8) is 0 Å². The van der Waals surface area contributed by atoms with E-state index in [1.807, 2.05) is 6.07 Å². The van der Waals surface area contributed by atoms with Crippen LogP contribution in [0.1, 0.15) is 56.5 Å². The summed E-state index contributed by atoms with van der Waals surface area (Å²) in [4.78, 5) is 64.4. The van der Waals surface area contributed by atoms with Crippen LogP contribution in [0.2, 0.25) is 0 Å². The highest BCUT2D eigenvalue weighted by molar-refractivity contribution is 6.11. The average molecular weight is 673 g/mol. The molecule has 0 fully saturated rings. The Bertz CT molecular complexity index is 1300. The van der Waals surface area contributed by atoms with Crippen molar-refractivity contribution < 1.29 is 47.7 Å². The van der Waals surface area contributed by atoms with Crippen LogP contribution in [0, 0.1) is 0 Å².